The average Bonchev–Trinajstić information content (AvgIpc) is 1.90. The standard InChI is InChI=1S/C6H12NS/c1-8-6-2-4-7-5-3-6/h6H,2-5H2,1H3/q-1. The third-order valence-electron chi connectivity index (χ3n) is 1.55. The lowest BCUT2D eigenvalue weighted by Gasteiger charge is -2.30. The van der Waals surface area contributed by atoms with E-state index in [4.69, 9.17) is 0 Å². The van der Waals surface area contributed by atoms with Gasteiger partial charge in [-0.3, -0.25) is 0 Å². The third-order valence-corrected chi connectivity index (χ3v) is 2.69. The summed E-state index contributed by atoms with van der Waals surface area (Å²) in [7, 11) is 0. The number of piperidine rings is 1. The van der Waals surface area contributed by atoms with Crippen LogP contribution in [0.25, 0.3) is 5.32 Å². The molecule has 1 aliphatic rings. The number of rotatable bonds is 1. The second-order valence-corrected chi connectivity index (χ2v) is 3.24. The normalized spacial score (nSPS) is 23.6. The molecule has 48 valence electrons. The zero-order valence-electron chi connectivity index (χ0n) is 5.26. The van der Waals surface area contributed by atoms with E-state index >= 15 is 0 Å². The van der Waals surface area contributed by atoms with Gasteiger partial charge in [0.1, 0.15) is 0 Å². The summed E-state index contributed by atoms with van der Waals surface area (Å²) in [6.45, 7) is 2.21. The maximum Gasteiger partial charge on any atom is 0.00115 e. The van der Waals surface area contributed by atoms with Gasteiger partial charge in [0.15, 0.2) is 0 Å². The molecule has 0 aliphatic carbocycles. The van der Waals surface area contributed by atoms with Crippen LogP contribution >= 0.6 is 11.8 Å². The van der Waals surface area contributed by atoms with Crippen LogP contribution in [0.2, 0.25) is 0 Å². The molecule has 0 atom stereocenters. The zero-order valence-corrected chi connectivity index (χ0v) is 6.08. The van der Waals surface area contributed by atoms with E-state index in [1.165, 1.54) is 12.8 Å². The molecule has 0 spiro atoms. The predicted octanol–water partition coefficient (Wildman–Crippen LogP) is 1.89. The lowest BCUT2D eigenvalue weighted by molar-refractivity contribution is 0.687. The summed E-state index contributed by atoms with van der Waals surface area (Å²) in [4.78, 5) is 0. The van der Waals surface area contributed by atoms with Gasteiger partial charge < -0.3 is 5.32 Å². The minimum Gasteiger partial charge on any atom is -0.662 e. The van der Waals surface area contributed by atoms with Crippen molar-refractivity contribution in [2.75, 3.05) is 19.3 Å². The van der Waals surface area contributed by atoms with E-state index in [1.54, 1.807) is 0 Å². The summed E-state index contributed by atoms with van der Waals surface area (Å²) < 4.78 is 0. The van der Waals surface area contributed by atoms with Gasteiger partial charge in [-0.05, 0) is 6.26 Å². The molecule has 0 aromatic rings. The highest BCUT2D eigenvalue weighted by Crippen LogP contribution is 2.20. The number of hydrogen-bond donors (Lipinski definition) is 0. The van der Waals surface area contributed by atoms with Crippen LogP contribution in [0.5, 0.6) is 0 Å². The Balaban J connectivity index is 2.13. The molecule has 1 fully saturated rings. The number of nitrogens with zero attached hydrogens (tertiary/aromatic N) is 1. The second kappa shape index (κ2) is 3.36. The van der Waals surface area contributed by atoms with Crippen molar-refractivity contribution < 1.29 is 0 Å². The summed E-state index contributed by atoms with van der Waals surface area (Å²) in [6.07, 6.45) is 4.80. The number of thioether (sulfide) groups is 1. The van der Waals surface area contributed by atoms with Gasteiger partial charge in [-0.25, -0.2) is 0 Å². The van der Waals surface area contributed by atoms with Crippen LogP contribution in [-0.2, 0) is 0 Å². The molecule has 0 N–H and O–H groups in total. The molecular formula is C6H12NS-. The topological polar surface area (TPSA) is 14.1 Å². The van der Waals surface area contributed by atoms with E-state index in [9.17, 15) is 0 Å². The van der Waals surface area contributed by atoms with E-state index in [1.807, 2.05) is 11.8 Å². The van der Waals surface area contributed by atoms with Crippen LogP contribution in [-0.4, -0.2) is 24.6 Å². The van der Waals surface area contributed by atoms with E-state index in [0.717, 1.165) is 18.3 Å². The first-order chi connectivity index (χ1) is 3.93. The van der Waals surface area contributed by atoms with Crippen LogP contribution in [0.1, 0.15) is 12.8 Å². The molecule has 1 aliphatic heterocycles. The Morgan fingerprint density at radius 3 is 2.38 bits per heavy atom. The van der Waals surface area contributed by atoms with Crippen molar-refractivity contribution in [3.05, 3.63) is 5.32 Å². The lowest BCUT2D eigenvalue weighted by atomic mass is 10.2. The monoisotopic (exact) mass is 130 g/mol. The van der Waals surface area contributed by atoms with Crippen molar-refractivity contribution >= 4 is 11.8 Å². The minimum absolute atomic E-state index is 0.910. The molecule has 1 rings (SSSR count). The highest BCUT2D eigenvalue weighted by atomic mass is 32.2. The molecule has 0 aromatic heterocycles. The molecule has 1 saturated heterocycles. The molecule has 1 heterocycles. The smallest absolute Gasteiger partial charge is 0.00115 e. The highest BCUT2D eigenvalue weighted by Gasteiger charge is 2.03. The predicted molar refractivity (Wildman–Crippen MR) is 39.6 cm³/mol. The first-order valence-corrected chi connectivity index (χ1v) is 4.38. The average molecular weight is 130 g/mol. The summed E-state index contributed by atoms with van der Waals surface area (Å²) >= 11 is 1.99. The van der Waals surface area contributed by atoms with Crippen molar-refractivity contribution in [1.82, 2.24) is 0 Å². The van der Waals surface area contributed by atoms with Gasteiger partial charge in [0.2, 0.25) is 0 Å². The second-order valence-electron chi connectivity index (χ2n) is 2.11. The van der Waals surface area contributed by atoms with Crippen LogP contribution < -0.4 is 0 Å². The summed E-state index contributed by atoms with van der Waals surface area (Å²) in [5, 5.41) is 5.17. The molecule has 0 saturated carbocycles. The Kier molecular flexibility index (Phi) is 2.70. The van der Waals surface area contributed by atoms with E-state index < -0.39 is 0 Å². The molecule has 1 nitrogen and oxygen atoms in total. The largest absolute Gasteiger partial charge is 0.662 e. The van der Waals surface area contributed by atoms with Crippen molar-refractivity contribution in [2.24, 2.45) is 0 Å². The van der Waals surface area contributed by atoms with Crippen molar-refractivity contribution in [3.8, 4) is 0 Å². The fourth-order valence-electron chi connectivity index (χ4n) is 0.962. The Morgan fingerprint density at radius 2 is 2.00 bits per heavy atom. The Morgan fingerprint density at radius 1 is 1.38 bits per heavy atom. The van der Waals surface area contributed by atoms with Gasteiger partial charge in [0.25, 0.3) is 0 Å². The Hall–Kier alpha value is 0.310. The fourth-order valence-corrected chi connectivity index (χ4v) is 1.64. The van der Waals surface area contributed by atoms with Gasteiger partial charge in [-0.1, -0.05) is 12.8 Å². The lowest BCUT2D eigenvalue weighted by Crippen LogP contribution is -2.12. The number of hydrogen-bond acceptors (Lipinski definition) is 1. The highest BCUT2D eigenvalue weighted by molar-refractivity contribution is 7.99. The molecular weight excluding hydrogens is 118 g/mol. The minimum atomic E-state index is 0.910. The van der Waals surface area contributed by atoms with Gasteiger partial charge in [0, 0.05) is 5.25 Å². The summed E-state index contributed by atoms with van der Waals surface area (Å²) in [6, 6.07) is 0. The fraction of sp³-hybridized carbons (Fsp3) is 1.00. The first kappa shape index (κ1) is 6.43. The molecule has 2 heteroatoms. The van der Waals surface area contributed by atoms with Crippen LogP contribution in [0, 0.1) is 0 Å². The van der Waals surface area contributed by atoms with E-state index in [0.29, 0.717) is 0 Å². The van der Waals surface area contributed by atoms with Gasteiger partial charge in [-0.15, -0.1) is 13.1 Å². The SMILES string of the molecule is CSC1CC[N-]CC1. The Bertz CT molecular complexity index is 59.5. The molecule has 0 aromatic carbocycles. The van der Waals surface area contributed by atoms with Crippen LogP contribution in [0.15, 0.2) is 0 Å². The van der Waals surface area contributed by atoms with Gasteiger partial charge >= 0.3 is 0 Å². The summed E-state index contributed by atoms with van der Waals surface area (Å²) in [5.74, 6) is 0. The maximum atomic E-state index is 4.26. The van der Waals surface area contributed by atoms with Crippen molar-refractivity contribution in [2.45, 2.75) is 18.1 Å². The van der Waals surface area contributed by atoms with E-state index in [-0.39, 0.29) is 0 Å². The molecule has 0 bridgehead atoms. The zero-order chi connectivity index (χ0) is 5.82. The maximum absolute atomic E-state index is 4.26. The summed E-state index contributed by atoms with van der Waals surface area (Å²) in [5.41, 5.74) is 0. The quantitative estimate of drug-likeness (QED) is 0.528. The molecule has 0 unspecified atom stereocenters. The van der Waals surface area contributed by atoms with Crippen molar-refractivity contribution in [1.29, 1.82) is 0 Å². The van der Waals surface area contributed by atoms with Gasteiger partial charge in [-0.2, -0.15) is 11.8 Å². The molecule has 8 heavy (non-hydrogen) atoms. The third kappa shape index (κ3) is 1.67. The first-order valence-electron chi connectivity index (χ1n) is 3.09. The van der Waals surface area contributed by atoms with Crippen LogP contribution in [0.3, 0.4) is 0 Å². The van der Waals surface area contributed by atoms with Gasteiger partial charge in [0.05, 0.1) is 0 Å². The van der Waals surface area contributed by atoms with Crippen LogP contribution in [0.4, 0.5) is 0 Å². The van der Waals surface area contributed by atoms with Crippen molar-refractivity contribution in [3.63, 3.8) is 0 Å². The van der Waals surface area contributed by atoms with E-state index in [2.05, 4.69) is 11.6 Å². The Labute approximate surface area is 55.2 Å². The molecule has 0 amide bonds. The molecule has 0 radical (unpaired) electrons.